The van der Waals surface area contributed by atoms with E-state index in [9.17, 15) is 4.79 Å². The molecule has 0 unspecified atom stereocenters. The molecular weight excluding hydrogens is 426 g/mol. The molecule has 1 N–H and O–H groups in total. The van der Waals surface area contributed by atoms with Crippen molar-refractivity contribution in [3.63, 3.8) is 0 Å². The second-order valence-corrected chi connectivity index (χ2v) is 8.96. The van der Waals surface area contributed by atoms with Gasteiger partial charge in [0.15, 0.2) is 10.9 Å². The number of para-hydroxylation sites is 1. The summed E-state index contributed by atoms with van der Waals surface area (Å²) in [7, 11) is 0. The summed E-state index contributed by atoms with van der Waals surface area (Å²) in [4.78, 5) is 17.1. The maximum absolute atomic E-state index is 12.5. The number of fused-ring (bicyclic) bond motifs is 1. The van der Waals surface area contributed by atoms with Gasteiger partial charge in [0, 0.05) is 17.9 Å². The van der Waals surface area contributed by atoms with Crippen LogP contribution in [0.15, 0.2) is 77.1 Å². The van der Waals surface area contributed by atoms with Crippen molar-refractivity contribution in [2.75, 3.05) is 6.61 Å². The Bertz CT molecular complexity index is 1200. The summed E-state index contributed by atoms with van der Waals surface area (Å²) in [6.07, 6.45) is 0. The molecule has 1 heterocycles. The van der Waals surface area contributed by atoms with Crippen molar-refractivity contribution in [1.82, 2.24) is 10.3 Å². The number of benzene rings is 3. The molecule has 0 saturated heterocycles. The van der Waals surface area contributed by atoms with Crippen LogP contribution in [0.5, 0.6) is 5.75 Å². The Morgan fingerprint density at radius 3 is 2.71 bits per heavy atom. The highest BCUT2D eigenvalue weighted by molar-refractivity contribution is 8.00. The number of rotatable bonds is 8. The van der Waals surface area contributed by atoms with Crippen molar-refractivity contribution in [1.29, 1.82) is 5.26 Å². The number of thioether (sulfide) groups is 1. The van der Waals surface area contributed by atoms with E-state index < -0.39 is 0 Å². The largest absolute Gasteiger partial charge is 0.479 e. The lowest BCUT2D eigenvalue weighted by Crippen LogP contribution is -2.22. The molecule has 0 fully saturated rings. The molecule has 0 saturated carbocycles. The van der Waals surface area contributed by atoms with E-state index in [1.165, 1.54) is 4.70 Å². The van der Waals surface area contributed by atoms with Crippen molar-refractivity contribution in [3.8, 4) is 11.8 Å². The molecule has 7 heteroatoms. The highest BCUT2D eigenvalue weighted by Crippen LogP contribution is 2.31. The van der Waals surface area contributed by atoms with Crippen LogP contribution in [0.1, 0.15) is 21.5 Å². The number of nitriles is 1. The minimum Gasteiger partial charge on any atom is -0.479 e. The van der Waals surface area contributed by atoms with Gasteiger partial charge < -0.3 is 10.1 Å². The quantitative estimate of drug-likeness (QED) is 0.367. The summed E-state index contributed by atoms with van der Waals surface area (Å²) in [6, 6.07) is 25.1. The molecular formula is C24H19N3O2S2. The van der Waals surface area contributed by atoms with E-state index in [1.807, 2.05) is 66.7 Å². The standard InChI is InChI=1S/C24H19N3O2S2/c25-12-13-29-20-5-3-4-18(14-20)15-26-23(28)19-10-8-17(9-11-19)16-30-24-27-21-6-1-2-7-22(21)31-24/h1-11,14H,13,15-16H2,(H,26,28). The van der Waals surface area contributed by atoms with E-state index >= 15 is 0 Å². The molecule has 0 aliphatic carbocycles. The van der Waals surface area contributed by atoms with Gasteiger partial charge in [-0.2, -0.15) is 5.26 Å². The van der Waals surface area contributed by atoms with Crippen molar-refractivity contribution in [2.24, 2.45) is 0 Å². The molecule has 0 bridgehead atoms. The number of hydrogen-bond acceptors (Lipinski definition) is 6. The van der Waals surface area contributed by atoms with Gasteiger partial charge in [-0.1, -0.05) is 48.2 Å². The second kappa shape index (κ2) is 10.1. The highest BCUT2D eigenvalue weighted by Gasteiger charge is 2.08. The fourth-order valence-corrected chi connectivity index (χ4v) is 4.98. The average Bonchev–Trinajstić information content (AvgIpc) is 3.23. The number of amides is 1. The van der Waals surface area contributed by atoms with Crippen molar-refractivity contribution >= 4 is 39.2 Å². The molecule has 4 aromatic rings. The van der Waals surface area contributed by atoms with E-state index in [4.69, 9.17) is 10.00 Å². The van der Waals surface area contributed by atoms with Crippen LogP contribution in [0, 0.1) is 11.3 Å². The lowest BCUT2D eigenvalue weighted by molar-refractivity contribution is 0.0951. The Kier molecular flexibility index (Phi) is 6.82. The van der Waals surface area contributed by atoms with Crippen LogP contribution in [-0.4, -0.2) is 17.5 Å². The molecule has 5 nitrogen and oxygen atoms in total. The predicted molar refractivity (Wildman–Crippen MR) is 124 cm³/mol. The zero-order valence-electron chi connectivity index (χ0n) is 16.6. The van der Waals surface area contributed by atoms with Gasteiger partial charge in [0.05, 0.1) is 10.2 Å². The molecule has 0 atom stereocenters. The first-order chi connectivity index (χ1) is 15.2. The van der Waals surface area contributed by atoms with Gasteiger partial charge in [0.25, 0.3) is 5.91 Å². The molecule has 0 radical (unpaired) electrons. The van der Waals surface area contributed by atoms with Crippen molar-refractivity contribution in [2.45, 2.75) is 16.6 Å². The van der Waals surface area contributed by atoms with Crippen molar-refractivity contribution in [3.05, 3.63) is 89.5 Å². The van der Waals surface area contributed by atoms with Gasteiger partial charge in [0.2, 0.25) is 0 Å². The zero-order valence-corrected chi connectivity index (χ0v) is 18.2. The number of ether oxygens (including phenoxy) is 1. The van der Waals surface area contributed by atoms with E-state index in [0.717, 1.165) is 26.7 Å². The number of nitrogens with zero attached hydrogens (tertiary/aromatic N) is 2. The third-order valence-electron chi connectivity index (χ3n) is 4.51. The Morgan fingerprint density at radius 1 is 1.06 bits per heavy atom. The normalized spacial score (nSPS) is 10.5. The van der Waals surface area contributed by atoms with Crippen LogP contribution in [0.25, 0.3) is 10.2 Å². The van der Waals surface area contributed by atoms with Gasteiger partial charge in [-0.15, -0.1) is 11.3 Å². The predicted octanol–water partition coefficient (Wildman–Crippen LogP) is 5.42. The first-order valence-corrected chi connectivity index (χ1v) is 11.5. The highest BCUT2D eigenvalue weighted by atomic mass is 32.2. The Hall–Kier alpha value is -3.34. The van der Waals surface area contributed by atoms with Gasteiger partial charge >= 0.3 is 0 Å². The monoisotopic (exact) mass is 445 g/mol. The van der Waals surface area contributed by atoms with Gasteiger partial charge in [-0.25, -0.2) is 4.98 Å². The van der Waals surface area contributed by atoms with Gasteiger partial charge in [-0.05, 0) is 47.5 Å². The molecule has 1 aromatic heterocycles. The number of aromatic nitrogens is 1. The molecule has 3 aromatic carbocycles. The topological polar surface area (TPSA) is 75.0 Å². The lowest BCUT2D eigenvalue weighted by Gasteiger charge is -2.08. The smallest absolute Gasteiger partial charge is 0.251 e. The molecule has 31 heavy (non-hydrogen) atoms. The number of nitrogens with one attached hydrogen (secondary N) is 1. The van der Waals surface area contributed by atoms with Crippen LogP contribution >= 0.6 is 23.1 Å². The summed E-state index contributed by atoms with van der Waals surface area (Å²) in [5.74, 6) is 1.29. The summed E-state index contributed by atoms with van der Waals surface area (Å²) in [6.45, 7) is 0.386. The Labute approximate surface area is 188 Å². The second-order valence-electron chi connectivity index (χ2n) is 6.71. The number of carbonyl (C=O) groups excluding carboxylic acids is 1. The molecule has 1 amide bonds. The van der Waals surface area contributed by atoms with Crippen LogP contribution in [0.2, 0.25) is 0 Å². The Balaban J connectivity index is 1.30. The Morgan fingerprint density at radius 2 is 1.90 bits per heavy atom. The SMILES string of the molecule is N#CCOc1cccc(CNC(=O)c2ccc(CSc3nc4ccccc4s3)cc2)c1. The summed E-state index contributed by atoms with van der Waals surface area (Å²) in [5.41, 5.74) is 3.70. The van der Waals surface area contributed by atoms with Gasteiger partial charge in [0.1, 0.15) is 11.8 Å². The molecule has 0 aliphatic heterocycles. The average molecular weight is 446 g/mol. The maximum Gasteiger partial charge on any atom is 0.251 e. The third kappa shape index (κ3) is 5.63. The fourth-order valence-electron chi connectivity index (χ4n) is 2.96. The van der Waals surface area contributed by atoms with Crippen molar-refractivity contribution < 1.29 is 9.53 Å². The number of carbonyl (C=O) groups is 1. The maximum atomic E-state index is 12.5. The first kappa shape index (κ1) is 20.9. The molecule has 0 spiro atoms. The van der Waals surface area contributed by atoms with Gasteiger partial charge in [-0.3, -0.25) is 4.79 Å². The minimum atomic E-state index is -0.131. The van der Waals surface area contributed by atoms with E-state index in [1.54, 1.807) is 29.2 Å². The van der Waals surface area contributed by atoms with E-state index in [-0.39, 0.29) is 12.5 Å². The molecule has 4 rings (SSSR count). The van der Waals surface area contributed by atoms with E-state index in [0.29, 0.717) is 17.9 Å². The zero-order chi connectivity index (χ0) is 21.5. The summed E-state index contributed by atoms with van der Waals surface area (Å²) >= 11 is 3.40. The summed E-state index contributed by atoms with van der Waals surface area (Å²) < 4.78 is 7.53. The third-order valence-corrected chi connectivity index (χ3v) is 6.76. The van der Waals surface area contributed by atoms with E-state index in [2.05, 4.69) is 16.4 Å². The lowest BCUT2D eigenvalue weighted by atomic mass is 10.1. The van der Waals surface area contributed by atoms with Crippen LogP contribution in [-0.2, 0) is 12.3 Å². The number of hydrogen-bond donors (Lipinski definition) is 1. The first-order valence-electron chi connectivity index (χ1n) is 9.65. The molecule has 0 aliphatic rings. The number of thiazole rings is 1. The molecule has 154 valence electrons. The fraction of sp³-hybridized carbons (Fsp3) is 0.125. The van der Waals surface area contributed by atoms with Crippen LogP contribution in [0.4, 0.5) is 0 Å². The minimum absolute atomic E-state index is 0.000580. The summed E-state index contributed by atoms with van der Waals surface area (Å²) in [5, 5.41) is 11.5. The van der Waals surface area contributed by atoms with Crippen LogP contribution < -0.4 is 10.1 Å². The van der Waals surface area contributed by atoms with Crippen LogP contribution in [0.3, 0.4) is 0 Å².